The van der Waals surface area contributed by atoms with Crippen LogP contribution in [0.4, 0.5) is 0 Å². The predicted octanol–water partition coefficient (Wildman–Crippen LogP) is 0.657. The summed E-state index contributed by atoms with van der Waals surface area (Å²) in [6.45, 7) is 7.59. The van der Waals surface area contributed by atoms with E-state index in [9.17, 15) is 4.79 Å². The number of aromatic nitrogens is 2. The molecule has 1 heterocycles. The first-order valence-electron chi connectivity index (χ1n) is 6.85. The van der Waals surface area contributed by atoms with E-state index >= 15 is 0 Å². The van der Waals surface area contributed by atoms with Crippen molar-refractivity contribution < 1.29 is 14.7 Å². The molecule has 0 radical (unpaired) electrons. The molecule has 1 amide bonds. The molecule has 0 bridgehead atoms. The molecule has 1 unspecified atom stereocenters. The summed E-state index contributed by atoms with van der Waals surface area (Å²) >= 11 is 0. The first kappa shape index (κ1) is 19.1. The number of carbonyl (C=O) groups is 2. The van der Waals surface area contributed by atoms with E-state index in [4.69, 9.17) is 9.90 Å². The zero-order valence-corrected chi connectivity index (χ0v) is 13.5. The Morgan fingerprint density at radius 2 is 2.14 bits per heavy atom. The molecule has 2 N–H and O–H groups in total. The summed E-state index contributed by atoms with van der Waals surface area (Å²) in [5.41, 5.74) is 2.23. The molecule has 1 rings (SSSR count). The molecule has 21 heavy (non-hydrogen) atoms. The predicted molar refractivity (Wildman–Crippen MR) is 81.2 cm³/mol. The highest BCUT2D eigenvalue weighted by molar-refractivity contribution is 5.75. The molecule has 0 aliphatic heterocycles. The van der Waals surface area contributed by atoms with Crippen LogP contribution in [0.25, 0.3) is 0 Å². The number of amides is 1. The summed E-state index contributed by atoms with van der Waals surface area (Å²) in [6, 6.07) is 2.43. The standard InChI is InChI=1S/C13H24N4O.CH2O2/c1-10-8-11(2)17(15-10)9-12(3)16(5)7-6-13(18)14-4;2-1-3/h8,12H,6-7,9H2,1-5H3,(H,14,18);1H,(H,2,3). The summed E-state index contributed by atoms with van der Waals surface area (Å²) in [5.74, 6) is 0.0835. The average molecular weight is 298 g/mol. The topological polar surface area (TPSA) is 87.5 Å². The van der Waals surface area contributed by atoms with E-state index in [1.165, 1.54) is 5.69 Å². The number of nitrogens with zero attached hydrogens (tertiary/aromatic N) is 3. The van der Waals surface area contributed by atoms with Crippen molar-refractivity contribution in [2.45, 2.75) is 39.8 Å². The van der Waals surface area contributed by atoms with E-state index in [-0.39, 0.29) is 12.4 Å². The van der Waals surface area contributed by atoms with Crippen LogP contribution in [0.15, 0.2) is 6.07 Å². The largest absolute Gasteiger partial charge is 0.483 e. The van der Waals surface area contributed by atoms with E-state index < -0.39 is 0 Å². The van der Waals surface area contributed by atoms with Gasteiger partial charge in [-0.05, 0) is 33.9 Å². The quantitative estimate of drug-likeness (QED) is 0.753. The second kappa shape index (κ2) is 9.93. The third-order valence-electron chi connectivity index (χ3n) is 3.26. The molecule has 0 aromatic carbocycles. The zero-order valence-electron chi connectivity index (χ0n) is 13.5. The van der Waals surface area contributed by atoms with Gasteiger partial charge in [0.15, 0.2) is 0 Å². The van der Waals surface area contributed by atoms with Gasteiger partial charge in [0.05, 0.1) is 12.2 Å². The molecule has 0 saturated heterocycles. The van der Waals surface area contributed by atoms with Gasteiger partial charge < -0.3 is 15.3 Å². The molecule has 0 spiro atoms. The molecular weight excluding hydrogens is 272 g/mol. The Hall–Kier alpha value is -1.89. The zero-order chi connectivity index (χ0) is 16.4. The van der Waals surface area contributed by atoms with Gasteiger partial charge in [0.1, 0.15) is 0 Å². The van der Waals surface area contributed by atoms with Crippen molar-refractivity contribution >= 4 is 12.4 Å². The average Bonchev–Trinajstić information content (AvgIpc) is 2.74. The minimum absolute atomic E-state index is 0.0835. The fraction of sp³-hybridized carbons (Fsp3) is 0.643. The molecule has 120 valence electrons. The van der Waals surface area contributed by atoms with Crippen molar-refractivity contribution in [2.24, 2.45) is 0 Å². The van der Waals surface area contributed by atoms with E-state index in [1.807, 2.05) is 18.7 Å². The molecule has 1 aromatic rings. The number of hydrogen-bond donors (Lipinski definition) is 2. The lowest BCUT2D eigenvalue weighted by Crippen LogP contribution is -2.36. The minimum atomic E-state index is -0.250. The maximum absolute atomic E-state index is 11.2. The third kappa shape index (κ3) is 7.45. The van der Waals surface area contributed by atoms with E-state index in [2.05, 4.69) is 35.2 Å². The van der Waals surface area contributed by atoms with Crippen LogP contribution in [-0.4, -0.2) is 58.8 Å². The van der Waals surface area contributed by atoms with Gasteiger partial charge in [-0.3, -0.25) is 14.3 Å². The highest BCUT2D eigenvalue weighted by atomic mass is 16.3. The van der Waals surface area contributed by atoms with Gasteiger partial charge in [0, 0.05) is 31.7 Å². The lowest BCUT2D eigenvalue weighted by Gasteiger charge is -2.24. The summed E-state index contributed by atoms with van der Waals surface area (Å²) < 4.78 is 2.02. The van der Waals surface area contributed by atoms with Gasteiger partial charge in [-0.1, -0.05) is 0 Å². The van der Waals surface area contributed by atoms with Gasteiger partial charge >= 0.3 is 0 Å². The molecular formula is C14H26N4O3. The van der Waals surface area contributed by atoms with Crippen molar-refractivity contribution in [3.05, 3.63) is 17.5 Å². The van der Waals surface area contributed by atoms with Crippen molar-refractivity contribution in [1.29, 1.82) is 0 Å². The number of carbonyl (C=O) groups excluding carboxylic acids is 1. The number of likely N-dealkylation sites (N-methyl/N-ethyl adjacent to an activating group) is 1. The van der Waals surface area contributed by atoms with Crippen molar-refractivity contribution in [3.8, 4) is 0 Å². The van der Waals surface area contributed by atoms with Crippen molar-refractivity contribution in [1.82, 2.24) is 20.0 Å². The summed E-state index contributed by atoms with van der Waals surface area (Å²) in [6.07, 6.45) is 0.536. The van der Waals surface area contributed by atoms with Gasteiger partial charge in [-0.2, -0.15) is 5.10 Å². The number of rotatable bonds is 6. The Kier molecular flexibility index (Phi) is 9.03. The summed E-state index contributed by atoms with van der Waals surface area (Å²) in [5, 5.41) is 14.0. The van der Waals surface area contributed by atoms with Gasteiger partial charge in [0.2, 0.25) is 5.91 Å². The van der Waals surface area contributed by atoms with Gasteiger partial charge in [0.25, 0.3) is 6.47 Å². The molecule has 0 aliphatic carbocycles. The van der Waals surface area contributed by atoms with Crippen LogP contribution in [0.2, 0.25) is 0 Å². The van der Waals surface area contributed by atoms with Crippen LogP contribution < -0.4 is 5.32 Å². The Bertz CT molecular complexity index is 445. The molecule has 7 nitrogen and oxygen atoms in total. The Morgan fingerprint density at radius 1 is 1.57 bits per heavy atom. The number of nitrogens with one attached hydrogen (secondary N) is 1. The van der Waals surface area contributed by atoms with Crippen LogP contribution in [0.3, 0.4) is 0 Å². The number of carboxylic acid groups (broad SMARTS) is 1. The van der Waals surface area contributed by atoms with E-state index in [0.717, 1.165) is 18.8 Å². The highest BCUT2D eigenvalue weighted by Gasteiger charge is 2.12. The first-order valence-corrected chi connectivity index (χ1v) is 6.85. The molecule has 1 atom stereocenters. The Morgan fingerprint density at radius 3 is 2.57 bits per heavy atom. The van der Waals surface area contributed by atoms with Crippen LogP contribution in [-0.2, 0) is 16.1 Å². The van der Waals surface area contributed by atoms with E-state index in [1.54, 1.807) is 7.05 Å². The highest BCUT2D eigenvalue weighted by Crippen LogP contribution is 2.06. The van der Waals surface area contributed by atoms with Crippen LogP contribution >= 0.6 is 0 Å². The van der Waals surface area contributed by atoms with Crippen LogP contribution in [0, 0.1) is 13.8 Å². The van der Waals surface area contributed by atoms with Gasteiger partial charge in [-0.15, -0.1) is 0 Å². The normalized spacial score (nSPS) is 11.5. The van der Waals surface area contributed by atoms with E-state index in [0.29, 0.717) is 12.5 Å². The first-order chi connectivity index (χ1) is 9.85. The maximum atomic E-state index is 11.2. The van der Waals surface area contributed by atoms with Crippen molar-refractivity contribution in [2.75, 3.05) is 20.6 Å². The lowest BCUT2D eigenvalue weighted by atomic mass is 10.2. The molecule has 0 saturated carbocycles. The second-order valence-corrected chi connectivity index (χ2v) is 4.97. The fourth-order valence-electron chi connectivity index (χ4n) is 1.87. The van der Waals surface area contributed by atoms with Gasteiger partial charge in [-0.25, -0.2) is 0 Å². The van der Waals surface area contributed by atoms with Crippen LogP contribution in [0.5, 0.6) is 0 Å². The smallest absolute Gasteiger partial charge is 0.290 e. The van der Waals surface area contributed by atoms with Crippen molar-refractivity contribution in [3.63, 3.8) is 0 Å². The Labute approximate surface area is 125 Å². The molecule has 1 aromatic heterocycles. The fourth-order valence-corrected chi connectivity index (χ4v) is 1.87. The minimum Gasteiger partial charge on any atom is -0.483 e. The third-order valence-corrected chi connectivity index (χ3v) is 3.26. The summed E-state index contributed by atoms with van der Waals surface area (Å²) in [7, 11) is 3.71. The Balaban J connectivity index is 0.00000122. The molecule has 0 aliphatic rings. The SMILES string of the molecule is CNC(=O)CCN(C)C(C)Cn1nc(C)cc1C.O=CO. The number of hydrogen-bond acceptors (Lipinski definition) is 4. The lowest BCUT2D eigenvalue weighted by molar-refractivity contribution is -0.123. The maximum Gasteiger partial charge on any atom is 0.290 e. The second-order valence-electron chi connectivity index (χ2n) is 4.97. The number of aryl methyl sites for hydroxylation is 2. The monoisotopic (exact) mass is 298 g/mol. The molecule has 7 heteroatoms. The molecule has 0 fully saturated rings. The summed E-state index contributed by atoms with van der Waals surface area (Å²) in [4.78, 5) is 21.7. The van der Waals surface area contributed by atoms with Crippen LogP contribution in [0.1, 0.15) is 24.7 Å².